The maximum atomic E-state index is 11.7. The Bertz CT molecular complexity index is 799. The Morgan fingerprint density at radius 3 is 2.59 bits per heavy atom. The number of carbonyl (C=O) groups excluding carboxylic acids is 1. The number of nitrogens with one attached hydrogen (secondary N) is 2. The van der Waals surface area contributed by atoms with Crippen molar-refractivity contribution in [1.82, 2.24) is 0 Å². The molecule has 0 aliphatic heterocycles. The van der Waals surface area contributed by atoms with Crippen molar-refractivity contribution in [2.75, 3.05) is 17.7 Å². The summed E-state index contributed by atoms with van der Waals surface area (Å²) in [6, 6.07) is 12.8. The van der Waals surface area contributed by atoms with Crippen LogP contribution in [-0.4, -0.2) is 19.0 Å². The molecule has 6 nitrogen and oxygen atoms in total. The predicted molar refractivity (Wildman–Crippen MR) is 122 cm³/mol. The first kappa shape index (κ1) is 23.0. The Morgan fingerprint density at radius 1 is 1.19 bits per heavy atom. The highest BCUT2D eigenvalue weighted by Gasteiger charge is 2.04. The molecule has 1 amide bonds. The second-order valence-corrected chi connectivity index (χ2v) is 6.08. The summed E-state index contributed by atoms with van der Waals surface area (Å²) in [5.74, 6) is 0.868. The lowest BCUT2D eigenvalue weighted by molar-refractivity contribution is -0.116. The van der Waals surface area contributed by atoms with E-state index in [1.54, 1.807) is 25.3 Å². The molecular weight excluding hydrogens is 479 g/mol. The fraction of sp³-hybridized carbons (Fsp3) is 0.263. The number of anilines is 2. The maximum absolute atomic E-state index is 11.7. The van der Waals surface area contributed by atoms with Gasteiger partial charge < -0.3 is 21.1 Å². The van der Waals surface area contributed by atoms with Gasteiger partial charge in [0.15, 0.2) is 5.96 Å². The third kappa shape index (κ3) is 7.64. The number of rotatable bonds is 7. The summed E-state index contributed by atoms with van der Waals surface area (Å²) in [6.45, 7) is 2.36. The van der Waals surface area contributed by atoms with Crippen molar-refractivity contribution in [3.05, 3.63) is 53.1 Å². The van der Waals surface area contributed by atoms with Crippen molar-refractivity contribution >= 4 is 58.8 Å². The lowest BCUT2D eigenvalue weighted by atomic mass is 10.2. The average molecular weight is 503 g/mol. The van der Waals surface area contributed by atoms with Gasteiger partial charge in [-0.1, -0.05) is 30.7 Å². The van der Waals surface area contributed by atoms with Gasteiger partial charge in [0.1, 0.15) is 5.75 Å². The van der Waals surface area contributed by atoms with Crippen molar-refractivity contribution in [1.29, 1.82) is 0 Å². The molecule has 0 heterocycles. The SMILES string of the molecule is CCCC(=O)Nc1cccc(CN=C(N)Nc2ccc(OC)c(Cl)c2)c1.I. The molecule has 27 heavy (non-hydrogen) atoms. The topological polar surface area (TPSA) is 88.7 Å². The van der Waals surface area contributed by atoms with E-state index in [2.05, 4.69) is 15.6 Å². The van der Waals surface area contributed by atoms with Crippen LogP contribution in [0.25, 0.3) is 0 Å². The molecule has 2 aromatic carbocycles. The van der Waals surface area contributed by atoms with Gasteiger partial charge in [-0.05, 0) is 42.3 Å². The second-order valence-electron chi connectivity index (χ2n) is 5.67. The fourth-order valence-corrected chi connectivity index (χ4v) is 2.56. The van der Waals surface area contributed by atoms with E-state index in [9.17, 15) is 4.79 Å². The standard InChI is InChI=1S/C19H23ClN4O2.HI/c1-3-5-18(25)23-14-7-4-6-13(10-14)12-22-19(21)24-15-8-9-17(26-2)16(20)11-15;/h4,6-11H,3,5,12H2,1-2H3,(H,23,25)(H3,21,22,24);1H. The second kappa shape index (κ2) is 11.7. The van der Waals surface area contributed by atoms with Crippen molar-refractivity contribution in [3.8, 4) is 5.75 Å². The Balaban J connectivity index is 0.00000364. The molecule has 0 unspecified atom stereocenters. The molecule has 0 aliphatic carbocycles. The normalized spacial score (nSPS) is 10.7. The first-order chi connectivity index (χ1) is 12.5. The van der Waals surface area contributed by atoms with Crippen LogP contribution in [-0.2, 0) is 11.3 Å². The van der Waals surface area contributed by atoms with E-state index in [1.165, 1.54) is 0 Å². The number of hydrogen-bond donors (Lipinski definition) is 3. The lowest BCUT2D eigenvalue weighted by Crippen LogP contribution is -2.22. The molecule has 146 valence electrons. The third-order valence-corrected chi connectivity index (χ3v) is 3.84. The number of ether oxygens (including phenoxy) is 1. The Hall–Kier alpha value is -2.00. The minimum absolute atomic E-state index is 0. The van der Waals surface area contributed by atoms with E-state index in [0.717, 1.165) is 23.4 Å². The molecule has 0 saturated carbocycles. The first-order valence-electron chi connectivity index (χ1n) is 8.31. The number of aliphatic imine (C=N–C) groups is 1. The molecule has 0 atom stereocenters. The van der Waals surface area contributed by atoms with Gasteiger partial charge >= 0.3 is 0 Å². The zero-order valence-corrected chi connectivity index (χ0v) is 18.4. The maximum Gasteiger partial charge on any atom is 0.224 e. The van der Waals surface area contributed by atoms with E-state index >= 15 is 0 Å². The molecule has 8 heteroatoms. The zero-order valence-electron chi connectivity index (χ0n) is 15.3. The van der Waals surface area contributed by atoms with Gasteiger partial charge in [0.2, 0.25) is 5.91 Å². The number of nitrogens with zero attached hydrogens (tertiary/aromatic N) is 1. The average Bonchev–Trinajstić information content (AvgIpc) is 2.61. The van der Waals surface area contributed by atoms with Crippen LogP contribution in [0.15, 0.2) is 47.5 Å². The molecule has 0 fully saturated rings. The van der Waals surface area contributed by atoms with Gasteiger partial charge in [-0.3, -0.25) is 4.79 Å². The van der Waals surface area contributed by atoms with Crippen molar-refractivity contribution in [2.45, 2.75) is 26.3 Å². The molecular formula is C19H24ClIN4O2. The summed E-state index contributed by atoms with van der Waals surface area (Å²) < 4.78 is 5.11. The highest BCUT2D eigenvalue weighted by molar-refractivity contribution is 14.0. The molecule has 0 spiro atoms. The number of benzene rings is 2. The molecule has 0 bridgehead atoms. The Kier molecular flexibility index (Phi) is 9.95. The van der Waals surface area contributed by atoms with E-state index in [4.69, 9.17) is 22.1 Å². The summed E-state index contributed by atoms with van der Waals surface area (Å²) in [4.78, 5) is 16.0. The van der Waals surface area contributed by atoms with E-state index in [0.29, 0.717) is 23.7 Å². The van der Waals surface area contributed by atoms with Crippen LogP contribution < -0.4 is 21.1 Å². The zero-order chi connectivity index (χ0) is 18.9. The van der Waals surface area contributed by atoms with Crippen LogP contribution in [0.5, 0.6) is 5.75 Å². The summed E-state index contributed by atoms with van der Waals surface area (Å²) >= 11 is 6.09. The van der Waals surface area contributed by atoms with Gasteiger partial charge in [-0.2, -0.15) is 0 Å². The minimum atomic E-state index is 0. The summed E-state index contributed by atoms with van der Waals surface area (Å²) in [6.07, 6.45) is 1.32. The summed E-state index contributed by atoms with van der Waals surface area (Å²) in [5, 5.41) is 6.34. The van der Waals surface area contributed by atoms with Crippen LogP contribution >= 0.6 is 35.6 Å². The number of carbonyl (C=O) groups is 1. The van der Waals surface area contributed by atoms with Crippen LogP contribution in [0, 0.1) is 0 Å². The molecule has 0 radical (unpaired) electrons. The molecule has 0 aliphatic rings. The highest BCUT2D eigenvalue weighted by atomic mass is 127. The number of hydrogen-bond acceptors (Lipinski definition) is 3. The number of amides is 1. The van der Waals surface area contributed by atoms with Crippen LogP contribution in [0.1, 0.15) is 25.3 Å². The molecule has 4 N–H and O–H groups in total. The third-order valence-electron chi connectivity index (χ3n) is 3.54. The molecule has 2 rings (SSSR count). The molecule has 0 aromatic heterocycles. The lowest BCUT2D eigenvalue weighted by Gasteiger charge is -2.09. The van der Waals surface area contributed by atoms with Gasteiger partial charge in [-0.15, -0.1) is 24.0 Å². The number of halogens is 2. The Labute approximate surface area is 181 Å². The van der Waals surface area contributed by atoms with Crippen molar-refractivity contribution in [2.24, 2.45) is 10.7 Å². The van der Waals surface area contributed by atoms with E-state index in [-0.39, 0.29) is 35.8 Å². The quantitative estimate of drug-likeness (QED) is 0.293. The van der Waals surface area contributed by atoms with Crippen LogP contribution in [0.2, 0.25) is 5.02 Å². The monoisotopic (exact) mass is 502 g/mol. The highest BCUT2D eigenvalue weighted by Crippen LogP contribution is 2.27. The summed E-state index contributed by atoms with van der Waals surface area (Å²) in [5.41, 5.74) is 8.34. The first-order valence-corrected chi connectivity index (χ1v) is 8.69. The van der Waals surface area contributed by atoms with Crippen LogP contribution in [0.4, 0.5) is 11.4 Å². The fourth-order valence-electron chi connectivity index (χ4n) is 2.31. The minimum Gasteiger partial charge on any atom is -0.495 e. The van der Waals surface area contributed by atoms with Crippen molar-refractivity contribution < 1.29 is 9.53 Å². The predicted octanol–water partition coefficient (Wildman–Crippen LogP) is 4.63. The van der Waals surface area contributed by atoms with E-state index in [1.807, 2.05) is 31.2 Å². The largest absolute Gasteiger partial charge is 0.495 e. The van der Waals surface area contributed by atoms with Crippen LogP contribution in [0.3, 0.4) is 0 Å². The number of methoxy groups -OCH3 is 1. The van der Waals surface area contributed by atoms with Gasteiger partial charge in [0.25, 0.3) is 0 Å². The van der Waals surface area contributed by atoms with Gasteiger partial charge in [-0.25, -0.2) is 4.99 Å². The van der Waals surface area contributed by atoms with Crippen molar-refractivity contribution in [3.63, 3.8) is 0 Å². The number of nitrogens with two attached hydrogens (primary N) is 1. The summed E-state index contributed by atoms with van der Waals surface area (Å²) in [7, 11) is 1.56. The van der Waals surface area contributed by atoms with Gasteiger partial charge in [0, 0.05) is 17.8 Å². The number of guanidine groups is 1. The van der Waals surface area contributed by atoms with Gasteiger partial charge in [0.05, 0.1) is 18.7 Å². The smallest absolute Gasteiger partial charge is 0.224 e. The van der Waals surface area contributed by atoms with E-state index < -0.39 is 0 Å². The molecule has 2 aromatic rings. The molecule has 0 saturated heterocycles. The Morgan fingerprint density at radius 2 is 1.93 bits per heavy atom.